The third-order valence-electron chi connectivity index (χ3n) is 5.89. The Morgan fingerprint density at radius 2 is 1.53 bits per heavy atom. The summed E-state index contributed by atoms with van der Waals surface area (Å²) in [5.41, 5.74) is 4.05. The highest BCUT2D eigenvalue weighted by Gasteiger charge is 2.21. The minimum Gasteiger partial charge on any atom is -0.356 e. The first-order valence-electron chi connectivity index (χ1n) is 11.2. The van der Waals surface area contributed by atoms with E-state index in [0.29, 0.717) is 24.6 Å². The van der Waals surface area contributed by atoms with Gasteiger partial charge in [0.15, 0.2) is 17.1 Å². The Hall–Kier alpha value is -3.83. The molecule has 34 heavy (non-hydrogen) atoms. The molecule has 0 aromatic carbocycles. The molecule has 0 saturated heterocycles. The first-order valence-corrected chi connectivity index (χ1v) is 11.2. The number of aryl methyl sites for hydroxylation is 3. The lowest BCUT2D eigenvalue weighted by molar-refractivity contribution is -0.119. The van der Waals surface area contributed by atoms with E-state index in [9.17, 15) is 9.59 Å². The van der Waals surface area contributed by atoms with Gasteiger partial charge in [0.05, 0.1) is 11.4 Å². The molecule has 4 rings (SSSR count). The summed E-state index contributed by atoms with van der Waals surface area (Å²) in [7, 11) is 1.95. The summed E-state index contributed by atoms with van der Waals surface area (Å²) in [6.45, 7) is 11.8. The summed E-state index contributed by atoms with van der Waals surface area (Å²) in [6.07, 6.45) is 2.02. The maximum Gasteiger partial charge on any atom is 0.216 e. The molecule has 0 radical (unpaired) electrons. The largest absolute Gasteiger partial charge is 0.356 e. The lowest BCUT2D eigenvalue weighted by Gasteiger charge is -2.11. The Balaban J connectivity index is 1.77. The lowest BCUT2D eigenvalue weighted by atomic mass is 10.1. The number of aromatic nitrogens is 8. The molecule has 0 aliphatic carbocycles. The zero-order valence-electron chi connectivity index (χ0n) is 20.5. The van der Waals surface area contributed by atoms with Crippen molar-refractivity contribution in [1.29, 1.82) is 0 Å². The van der Waals surface area contributed by atoms with Crippen LogP contribution in [0.25, 0.3) is 17.4 Å². The van der Waals surface area contributed by atoms with Crippen LogP contribution in [0.2, 0.25) is 0 Å². The molecule has 0 fully saturated rings. The van der Waals surface area contributed by atoms with E-state index in [1.807, 2.05) is 45.4 Å². The third kappa shape index (κ3) is 4.22. The molecule has 180 valence electrons. The van der Waals surface area contributed by atoms with Crippen LogP contribution in [0.3, 0.4) is 0 Å². The van der Waals surface area contributed by atoms with Crippen molar-refractivity contribution in [3.05, 3.63) is 33.8 Å². The summed E-state index contributed by atoms with van der Waals surface area (Å²) < 4.78 is 5.18. The van der Waals surface area contributed by atoms with Crippen LogP contribution in [0, 0.1) is 13.8 Å². The second-order valence-electron chi connectivity index (χ2n) is 8.83. The van der Waals surface area contributed by atoms with Crippen LogP contribution in [0.4, 0.5) is 0 Å². The molecule has 2 amide bonds. The lowest BCUT2D eigenvalue weighted by Crippen LogP contribution is -2.26. The van der Waals surface area contributed by atoms with Crippen molar-refractivity contribution in [3.63, 3.8) is 0 Å². The fourth-order valence-corrected chi connectivity index (χ4v) is 3.98. The van der Waals surface area contributed by atoms with Crippen molar-refractivity contribution >= 4 is 29.2 Å². The van der Waals surface area contributed by atoms with E-state index >= 15 is 0 Å². The number of nitrogens with one attached hydrogen (secondary N) is 2. The van der Waals surface area contributed by atoms with Gasteiger partial charge in [0.2, 0.25) is 11.8 Å². The Bertz CT molecular complexity index is 1440. The Labute approximate surface area is 196 Å². The molecule has 4 heterocycles. The van der Waals surface area contributed by atoms with Crippen molar-refractivity contribution < 1.29 is 9.59 Å². The summed E-state index contributed by atoms with van der Waals surface area (Å²) >= 11 is 0. The van der Waals surface area contributed by atoms with Crippen molar-refractivity contribution in [1.82, 2.24) is 49.8 Å². The third-order valence-corrected chi connectivity index (χ3v) is 5.89. The average molecular weight is 467 g/mol. The predicted octanol–water partition coefficient (Wildman–Crippen LogP) is 0.149. The fourth-order valence-electron chi connectivity index (χ4n) is 3.98. The van der Waals surface area contributed by atoms with Crippen molar-refractivity contribution in [3.8, 4) is 0 Å². The summed E-state index contributed by atoms with van der Waals surface area (Å²) in [4.78, 5) is 27.3. The zero-order valence-corrected chi connectivity index (χ0v) is 20.5. The maximum absolute atomic E-state index is 11.3. The van der Waals surface area contributed by atoms with E-state index in [2.05, 4.69) is 31.0 Å². The molecule has 0 saturated carbocycles. The number of carbonyl (C=O) groups is 2. The number of fused-ring (bicyclic) bond motifs is 2. The Kier molecular flexibility index (Phi) is 6.07. The van der Waals surface area contributed by atoms with Gasteiger partial charge in [-0.1, -0.05) is 13.8 Å². The summed E-state index contributed by atoms with van der Waals surface area (Å²) in [5, 5.41) is 24.8. The van der Waals surface area contributed by atoms with Gasteiger partial charge < -0.3 is 15.2 Å². The number of hydrogen-bond donors (Lipinski definition) is 2. The van der Waals surface area contributed by atoms with Gasteiger partial charge in [-0.25, -0.2) is 4.98 Å². The van der Waals surface area contributed by atoms with E-state index < -0.39 is 0 Å². The SMILES string of the molecule is CC(=O)NCC(C)c1nc2/c(=C\c3c(C)nn4nc(C(C)CNC(C)=O)n(C)c34)c(C)nn2n1. The van der Waals surface area contributed by atoms with Crippen LogP contribution in [0.5, 0.6) is 0 Å². The Morgan fingerprint density at radius 1 is 0.912 bits per heavy atom. The quantitative estimate of drug-likeness (QED) is 0.396. The van der Waals surface area contributed by atoms with Gasteiger partial charge >= 0.3 is 0 Å². The minimum atomic E-state index is -0.0873. The molecule has 2 atom stereocenters. The molecule has 0 bridgehead atoms. The summed E-state index contributed by atoms with van der Waals surface area (Å²) in [5.74, 6) is 1.26. The van der Waals surface area contributed by atoms with Gasteiger partial charge in [0.1, 0.15) is 5.82 Å². The molecule has 0 aliphatic heterocycles. The summed E-state index contributed by atoms with van der Waals surface area (Å²) in [6, 6.07) is 0. The van der Waals surface area contributed by atoms with Gasteiger partial charge in [0.25, 0.3) is 0 Å². The van der Waals surface area contributed by atoms with Gasteiger partial charge in [-0.2, -0.15) is 10.2 Å². The highest BCUT2D eigenvalue weighted by molar-refractivity contribution is 5.73. The fraction of sp³-hybridized carbons (Fsp3) is 0.500. The monoisotopic (exact) mass is 466 g/mol. The number of nitrogens with zero attached hydrogens (tertiary/aromatic N) is 8. The van der Waals surface area contributed by atoms with E-state index in [-0.39, 0.29) is 23.7 Å². The molecule has 2 unspecified atom stereocenters. The molecular weight excluding hydrogens is 436 g/mol. The van der Waals surface area contributed by atoms with E-state index in [4.69, 9.17) is 4.98 Å². The zero-order chi connectivity index (χ0) is 24.7. The predicted molar refractivity (Wildman–Crippen MR) is 125 cm³/mol. The van der Waals surface area contributed by atoms with Gasteiger partial charge in [-0.15, -0.1) is 19.5 Å². The van der Waals surface area contributed by atoms with Crippen molar-refractivity contribution in [2.24, 2.45) is 7.05 Å². The topological polar surface area (TPSA) is 136 Å². The van der Waals surface area contributed by atoms with Crippen LogP contribution in [-0.2, 0) is 16.6 Å². The van der Waals surface area contributed by atoms with Crippen LogP contribution in [-0.4, -0.2) is 64.1 Å². The molecule has 4 aromatic rings. The van der Waals surface area contributed by atoms with E-state index in [1.54, 1.807) is 9.26 Å². The Morgan fingerprint density at radius 3 is 2.18 bits per heavy atom. The number of rotatable bonds is 7. The average Bonchev–Trinajstić information content (AvgIpc) is 3.47. The number of carbonyl (C=O) groups excluding carboxylic acids is 2. The molecule has 0 spiro atoms. The van der Waals surface area contributed by atoms with Crippen LogP contribution >= 0.6 is 0 Å². The van der Waals surface area contributed by atoms with Gasteiger partial charge in [0, 0.05) is 56.6 Å². The van der Waals surface area contributed by atoms with Gasteiger partial charge in [-0.3, -0.25) is 9.59 Å². The molecule has 4 aromatic heterocycles. The van der Waals surface area contributed by atoms with Crippen molar-refractivity contribution in [2.45, 2.75) is 53.4 Å². The van der Waals surface area contributed by atoms with E-state index in [1.165, 1.54) is 13.8 Å². The van der Waals surface area contributed by atoms with Gasteiger partial charge in [-0.05, 0) is 19.9 Å². The highest BCUT2D eigenvalue weighted by atomic mass is 16.2. The highest BCUT2D eigenvalue weighted by Crippen LogP contribution is 2.21. The second-order valence-corrected chi connectivity index (χ2v) is 8.83. The molecular formula is C22H30N10O2. The number of hydrogen-bond acceptors (Lipinski definition) is 7. The van der Waals surface area contributed by atoms with Crippen LogP contribution in [0.1, 0.15) is 68.1 Å². The second kappa shape index (κ2) is 8.84. The molecule has 12 nitrogen and oxygen atoms in total. The minimum absolute atomic E-state index is 0.0157. The normalized spacial score (nSPS) is 14.1. The molecule has 0 aliphatic rings. The first kappa shape index (κ1) is 23.3. The van der Waals surface area contributed by atoms with Crippen molar-refractivity contribution in [2.75, 3.05) is 13.1 Å². The smallest absolute Gasteiger partial charge is 0.216 e. The van der Waals surface area contributed by atoms with Crippen LogP contribution < -0.4 is 15.9 Å². The molecule has 2 N–H and O–H groups in total. The first-order chi connectivity index (χ1) is 16.1. The maximum atomic E-state index is 11.3. The van der Waals surface area contributed by atoms with E-state index in [0.717, 1.165) is 33.6 Å². The molecule has 12 heteroatoms. The number of amides is 2. The van der Waals surface area contributed by atoms with Crippen LogP contribution in [0.15, 0.2) is 0 Å². The standard InChI is InChI=1S/C22H30N10O2/c1-11(9-23-15(5)33)19-25-21-17(13(3)26-31(21)28-19)8-18-14(4)27-32-22(18)30(7)20(29-32)12(2)10-24-16(6)34/h8,11-12H,9-10H2,1-7H3,(H,23,33)(H,24,34)/b17-8-.